The number of nitrogens with one attached hydrogen (secondary N) is 4. The van der Waals surface area contributed by atoms with Gasteiger partial charge in [0.2, 0.25) is 23.6 Å². The second-order valence-corrected chi connectivity index (χ2v) is 27.7. The molecule has 7 aliphatic heterocycles. The largest absolute Gasteiger partial charge is 0.477 e. The Kier molecular flexibility index (Phi) is 34.5. The SMILES string of the molecule is COC(=O)CCCCCO[C@@H]1O[C@H](CO[C@@H]2O[C@H](CO)[C@@H](O[C@@H]3O[C@H](CO[C@]4(C(=O)O)C[C@H](O)[C@@H](NC(C)=O)[C@H]([C@H](O)[C@H](O)CO)O4)[C@H](O)[C@H](O)[C@H]3O)[C@H](O)[C@H]2NC(C)=O)[C@H](O)[C@H](O[C@@H]2O[C@H](CO)[C@@H](O[C@@H]3O[C@H](CO[C@]4(C(=O)O)C[C@H](O)[C@@H](NC(C)=O)[C@H]([C@H](O)[C@H](O)CO)O4)[C@H](O)[C@H](O)[C@H]3O)[C@H](O)[C@H]2NC(C)=O)[C@H]1O. The molecule has 0 bridgehead atoms. The van der Waals surface area contributed by atoms with E-state index in [0.29, 0.717) is 12.8 Å². The molecule has 0 spiro atoms. The van der Waals surface area contributed by atoms with Crippen LogP contribution in [0.2, 0.25) is 0 Å². The van der Waals surface area contributed by atoms with Crippen LogP contribution in [0.3, 0.4) is 0 Å². The van der Waals surface area contributed by atoms with Gasteiger partial charge in [-0.1, -0.05) is 6.42 Å². The van der Waals surface area contributed by atoms with Gasteiger partial charge in [0.1, 0.15) is 159 Å². The molecule has 0 aromatic rings. The van der Waals surface area contributed by atoms with Gasteiger partial charge < -0.3 is 205 Å². The summed E-state index contributed by atoms with van der Waals surface area (Å²) in [6.45, 7) is -4.12. The topological polar surface area (TPSA) is 751 Å². The third kappa shape index (κ3) is 22.4. The minimum atomic E-state index is -3.04. The van der Waals surface area contributed by atoms with Gasteiger partial charge in [-0.05, 0) is 12.8 Å². The van der Waals surface area contributed by atoms with Crippen molar-refractivity contribution in [2.75, 3.05) is 60.0 Å². The smallest absolute Gasteiger partial charge is 0.364 e. The summed E-state index contributed by atoms with van der Waals surface area (Å²) in [6, 6.07) is -6.99. The first-order valence-corrected chi connectivity index (χ1v) is 35.3. The number of ether oxygens (including phenoxy) is 15. The molecule has 0 radical (unpaired) electrons. The lowest BCUT2D eigenvalue weighted by Gasteiger charge is -2.50. The van der Waals surface area contributed by atoms with E-state index in [-0.39, 0.29) is 19.4 Å². The number of carboxylic acid groups (broad SMARTS) is 2. The Morgan fingerprint density at radius 3 is 1.19 bits per heavy atom. The minimum absolute atomic E-state index is 0.0108. The van der Waals surface area contributed by atoms with E-state index in [0.717, 1.165) is 27.7 Å². The van der Waals surface area contributed by atoms with Gasteiger partial charge in [0.15, 0.2) is 31.5 Å². The Morgan fingerprint density at radius 1 is 0.414 bits per heavy atom. The molecule has 37 atom stereocenters. The number of aliphatic hydroxyl groups excluding tert-OH is 20. The number of esters is 1. The van der Waals surface area contributed by atoms with E-state index in [1.165, 1.54) is 7.11 Å². The number of carbonyl (C=O) groups excluding carboxylic acids is 5. The van der Waals surface area contributed by atoms with Crippen molar-refractivity contribution in [1.82, 2.24) is 21.3 Å². The maximum atomic E-state index is 13.0. The van der Waals surface area contributed by atoms with Crippen molar-refractivity contribution in [3.63, 3.8) is 0 Å². The molecule has 4 amide bonds. The number of carbonyl (C=O) groups is 7. The molecular formula is C63H104N4O44. The van der Waals surface area contributed by atoms with Crippen LogP contribution in [-0.2, 0) is 105 Å². The van der Waals surface area contributed by atoms with Crippen LogP contribution in [0.15, 0.2) is 0 Å². The zero-order valence-electron chi connectivity index (χ0n) is 60.4. The molecule has 7 rings (SSSR count). The van der Waals surface area contributed by atoms with Crippen molar-refractivity contribution >= 4 is 41.5 Å². The number of unbranched alkanes of at least 4 members (excludes halogenated alkanes) is 2. The summed E-state index contributed by atoms with van der Waals surface area (Å²) in [5, 5.41) is 251. The second-order valence-electron chi connectivity index (χ2n) is 27.7. The molecular weight excluding hydrogens is 1520 g/mol. The second kappa shape index (κ2) is 41.2. The van der Waals surface area contributed by atoms with Crippen molar-refractivity contribution in [3.8, 4) is 0 Å². The van der Waals surface area contributed by atoms with Gasteiger partial charge >= 0.3 is 17.9 Å². The van der Waals surface area contributed by atoms with Crippen LogP contribution in [0.4, 0.5) is 0 Å². The summed E-state index contributed by atoms with van der Waals surface area (Å²) in [5.41, 5.74) is 0. The lowest BCUT2D eigenvalue weighted by atomic mass is 9.88. The summed E-state index contributed by atoms with van der Waals surface area (Å²) in [7, 11) is 1.19. The number of hydrogen-bond donors (Lipinski definition) is 26. The van der Waals surface area contributed by atoms with Crippen LogP contribution in [-0.4, -0.2) is 440 Å². The van der Waals surface area contributed by atoms with E-state index < -0.39 is 327 Å². The molecule has 7 aliphatic rings. The Bertz CT molecular complexity index is 3010. The summed E-state index contributed by atoms with van der Waals surface area (Å²) in [6.07, 6.45) is -65.6. The zero-order chi connectivity index (χ0) is 82.6. The molecule has 0 saturated carbocycles. The number of hydrogen-bond acceptors (Lipinski definition) is 42. The van der Waals surface area contributed by atoms with E-state index in [1.807, 2.05) is 0 Å². The van der Waals surface area contributed by atoms with E-state index in [2.05, 4.69) is 26.0 Å². The summed E-state index contributed by atoms with van der Waals surface area (Å²) < 4.78 is 86.5. The first-order chi connectivity index (χ1) is 52.2. The molecule has 7 saturated heterocycles. The molecule has 48 heteroatoms. The average molecular weight is 1620 g/mol. The number of methoxy groups -OCH3 is 1. The molecule has 0 unspecified atom stereocenters. The highest BCUT2D eigenvalue weighted by Crippen LogP contribution is 2.40. The third-order valence-electron chi connectivity index (χ3n) is 19.6. The van der Waals surface area contributed by atoms with Gasteiger partial charge in [0.05, 0.1) is 77.6 Å². The van der Waals surface area contributed by atoms with Crippen molar-refractivity contribution in [2.24, 2.45) is 0 Å². The van der Waals surface area contributed by atoms with Crippen LogP contribution >= 0.6 is 0 Å². The highest BCUT2D eigenvalue weighted by Gasteiger charge is 2.61. The van der Waals surface area contributed by atoms with Crippen LogP contribution in [0.1, 0.15) is 66.2 Å². The third-order valence-corrected chi connectivity index (χ3v) is 19.6. The van der Waals surface area contributed by atoms with Gasteiger partial charge in [-0.3, -0.25) is 24.0 Å². The molecule has 7 fully saturated rings. The van der Waals surface area contributed by atoms with Gasteiger partial charge in [0.25, 0.3) is 11.6 Å². The van der Waals surface area contributed by atoms with E-state index in [4.69, 9.17) is 66.3 Å². The standard InChI is InChI=1S/C63H104N4O44/c1-20(72)64-34-24(76)11-62(60(93)94,110-52(34)38(81)26(78)13-68)100-18-31-40(83)45(88)47(90)58(105-31)107-50-28(15-70)102-55(36(43(50)86)66-22(3)74)99-17-30-42(85)54(49(92)57(104-30)98-10-8-6-7-9-33(80)97-5)109-56-37(67-23(4)75)44(87)51(29(16-71)103-56)108-59-48(91)46(89)41(84)32(106-59)19-101-63(61(95)96)12-25(77)35(65-21(2)73)53(111-63)39(82)27(79)14-69/h24-32,34-59,68-71,76-79,81-92H,6-19H2,1-5H3,(H,64,72)(H,65,73)(H,66,74)(H,67,75)(H,93,94)(H,95,96)/t24-,25-,26+,27+,28+,29+,30+,31+,32+,34+,35+,36+,37+,38+,39+,40-,41-,42-,43+,44+,45-,46-,47+,48+,49+,50+,51+,52+,53+,54-,55+,56-,57+,58-,59-,62+,63+/m0/s1. The van der Waals surface area contributed by atoms with Crippen LogP contribution < -0.4 is 21.3 Å². The molecule has 0 aliphatic carbocycles. The molecule has 0 aromatic heterocycles. The van der Waals surface area contributed by atoms with Crippen LogP contribution in [0.25, 0.3) is 0 Å². The van der Waals surface area contributed by atoms with E-state index in [9.17, 15) is 146 Å². The van der Waals surface area contributed by atoms with Crippen molar-refractivity contribution in [3.05, 3.63) is 0 Å². The fourth-order valence-corrected chi connectivity index (χ4v) is 13.7. The Balaban J connectivity index is 1.09. The number of aliphatic hydroxyl groups is 20. The maximum absolute atomic E-state index is 13.0. The Labute approximate surface area is 630 Å². The minimum Gasteiger partial charge on any atom is -0.477 e. The average Bonchev–Trinajstić information content (AvgIpc) is 0.769. The maximum Gasteiger partial charge on any atom is 0.364 e. The number of aliphatic carboxylic acids is 2. The monoisotopic (exact) mass is 1620 g/mol. The Morgan fingerprint density at radius 2 is 0.793 bits per heavy atom. The van der Waals surface area contributed by atoms with E-state index in [1.54, 1.807) is 0 Å². The highest BCUT2D eigenvalue weighted by molar-refractivity contribution is 5.78. The van der Waals surface area contributed by atoms with E-state index >= 15 is 0 Å². The molecule has 111 heavy (non-hydrogen) atoms. The normalized spacial score (nSPS) is 41.9. The lowest BCUT2D eigenvalue weighted by molar-refractivity contribution is -0.375. The fraction of sp³-hybridized carbons (Fsp3) is 0.889. The van der Waals surface area contributed by atoms with Crippen molar-refractivity contribution in [2.45, 2.75) is 292 Å². The number of rotatable bonds is 36. The number of amides is 4. The molecule has 0 aromatic carbocycles. The fourth-order valence-electron chi connectivity index (χ4n) is 13.7. The summed E-state index contributed by atoms with van der Waals surface area (Å²) >= 11 is 0. The van der Waals surface area contributed by atoms with Crippen molar-refractivity contribution < 1.29 is 217 Å². The first-order valence-electron chi connectivity index (χ1n) is 35.3. The van der Waals surface area contributed by atoms with Crippen molar-refractivity contribution in [1.29, 1.82) is 0 Å². The van der Waals surface area contributed by atoms with Crippen LogP contribution in [0, 0.1) is 0 Å². The Hall–Kier alpha value is -5.07. The van der Waals surface area contributed by atoms with Crippen LogP contribution in [0.5, 0.6) is 0 Å². The molecule has 48 nitrogen and oxygen atoms in total. The zero-order valence-corrected chi connectivity index (χ0v) is 60.4. The van der Waals surface area contributed by atoms with Gasteiger partial charge in [-0.2, -0.15) is 0 Å². The predicted molar refractivity (Wildman–Crippen MR) is 347 cm³/mol. The summed E-state index contributed by atoms with van der Waals surface area (Å²) in [5.74, 6) is -14.0. The first kappa shape index (κ1) is 93.1. The molecule has 26 N–H and O–H groups in total. The van der Waals surface area contributed by atoms with Gasteiger partial charge in [-0.15, -0.1) is 0 Å². The highest BCUT2D eigenvalue weighted by atomic mass is 16.8. The lowest BCUT2D eigenvalue weighted by Crippen LogP contribution is -2.70. The van der Waals surface area contributed by atoms with Gasteiger partial charge in [0, 0.05) is 53.6 Å². The summed E-state index contributed by atoms with van der Waals surface area (Å²) in [4.78, 5) is 87.7. The quantitative estimate of drug-likeness (QED) is 0.0205. The van der Waals surface area contributed by atoms with Gasteiger partial charge in [-0.25, -0.2) is 9.59 Å². The predicted octanol–water partition coefficient (Wildman–Crippen LogP) is -15.5. The molecule has 7 heterocycles. The molecule has 640 valence electrons. The number of carboxylic acids is 2.